The predicted octanol–water partition coefficient (Wildman–Crippen LogP) is 3.16. The molecule has 1 saturated heterocycles. The number of hydrogen-bond donors (Lipinski definition) is 1. The lowest BCUT2D eigenvalue weighted by atomic mass is 10.1. The number of fused-ring (bicyclic) bond motifs is 1. The molecule has 33 heavy (non-hydrogen) atoms. The van der Waals surface area contributed by atoms with E-state index in [1.807, 2.05) is 32.0 Å². The van der Waals surface area contributed by atoms with Crippen LogP contribution >= 0.6 is 0 Å². The molecule has 5 rings (SSSR count). The molecule has 170 valence electrons. The highest BCUT2D eigenvalue weighted by Gasteiger charge is 2.20. The number of anilines is 2. The van der Waals surface area contributed by atoms with E-state index in [0.29, 0.717) is 29.9 Å². The average molecular weight is 448 g/mol. The SMILES string of the molecule is Cc1cc(C)cc(OCn2ccc(C(=O)Nc3ccc(N4CCOCC4)c4nonc34)n2)c1. The summed E-state index contributed by atoms with van der Waals surface area (Å²) in [5.74, 6) is 0.402. The van der Waals surface area contributed by atoms with Gasteiger partial charge in [0.25, 0.3) is 5.91 Å². The van der Waals surface area contributed by atoms with Gasteiger partial charge in [0.2, 0.25) is 0 Å². The number of ether oxygens (including phenoxy) is 2. The van der Waals surface area contributed by atoms with Gasteiger partial charge in [0.1, 0.15) is 5.75 Å². The van der Waals surface area contributed by atoms with E-state index in [1.54, 1.807) is 23.0 Å². The van der Waals surface area contributed by atoms with Crippen LogP contribution in [0.5, 0.6) is 5.75 Å². The fraction of sp³-hybridized carbons (Fsp3) is 0.304. The van der Waals surface area contributed by atoms with E-state index in [-0.39, 0.29) is 18.3 Å². The molecule has 0 spiro atoms. The van der Waals surface area contributed by atoms with Crippen molar-refractivity contribution in [2.75, 3.05) is 36.5 Å². The Balaban J connectivity index is 1.28. The van der Waals surface area contributed by atoms with Gasteiger partial charge in [-0.15, -0.1) is 0 Å². The molecule has 1 fully saturated rings. The first-order valence-corrected chi connectivity index (χ1v) is 10.7. The van der Waals surface area contributed by atoms with E-state index in [0.717, 1.165) is 35.7 Å². The summed E-state index contributed by atoms with van der Waals surface area (Å²) in [5, 5.41) is 15.2. The molecule has 1 N–H and O–H groups in total. The molecule has 2 aromatic heterocycles. The van der Waals surface area contributed by atoms with Gasteiger partial charge >= 0.3 is 0 Å². The van der Waals surface area contributed by atoms with E-state index >= 15 is 0 Å². The number of carbonyl (C=O) groups is 1. The standard InChI is InChI=1S/C23H24N6O4/c1-15-11-16(2)13-17(12-15)32-14-29-6-5-19(25-29)23(30)24-18-3-4-20(22-21(18)26-33-27-22)28-7-9-31-10-8-28/h3-6,11-13H,7-10,14H2,1-2H3,(H,24,30). The third-order valence-corrected chi connectivity index (χ3v) is 5.43. The zero-order valence-electron chi connectivity index (χ0n) is 18.4. The number of hydrogen-bond acceptors (Lipinski definition) is 8. The molecule has 3 heterocycles. The van der Waals surface area contributed by atoms with Crippen molar-refractivity contribution in [1.82, 2.24) is 20.1 Å². The highest BCUT2D eigenvalue weighted by Crippen LogP contribution is 2.30. The van der Waals surface area contributed by atoms with Crippen molar-refractivity contribution in [2.45, 2.75) is 20.6 Å². The lowest BCUT2D eigenvalue weighted by molar-refractivity contribution is 0.102. The Hall–Kier alpha value is -3.92. The van der Waals surface area contributed by atoms with Gasteiger partial charge < -0.3 is 19.7 Å². The Morgan fingerprint density at radius 1 is 1.06 bits per heavy atom. The molecular weight excluding hydrogens is 424 g/mol. The van der Waals surface area contributed by atoms with Crippen LogP contribution in [0, 0.1) is 13.8 Å². The summed E-state index contributed by atoms with van der Waals surface area (Å²) in [6.45, 7) is 7.06. The summed E-state index contributed by atoms with van der Waals surface area (Å²) < 4.78 is 17.8. The Labute approximate surface area is 190 Å². The highest BCUT2D eigenvalue weighted by molar-refractivity contribution is 6.08. The summed E-state index contributed by atoms with van der Waals surface area (Å²) in [5.41, 5.74) is 5.01. The quantitative estimate of drug-likeness (QED) is 0.479. The number of morpholine rings is 1. The number of amides is 1. The molecular formula is C23H24N6O4. The van der Waals surface area contributed by atoms with Crippen LogP contribution in [0.15, 0.2) is 47.2 Å². The second kappa shape index (κ2) is 8.91. The van der Waals surface area contributed by atoms with Gasteiger partial charge in [-0.2, -0.15) is 5.10 Å². The van der Waals surface area contributed by atoms with Crippen LogP contribution in [0.4, 0.5) is 11.4 Å². The molecule has 0 bridgehead atoms. The third kappa shape index (κ3) is 4.51. The van der Waals surface area contributed by atoms with E-state index in [4.69, 9.17) is 14.1 Å². The van der Waals surface area contributed by atoms with E-state index < -0.39 is 0 Å². The molecule has 1 aliphatic rings. The first-order chi connectivity index (χ1) is 16.1. The fourth-order valence-electron chi connectivity index (χ4n) is 3.91. The summed E-state index contributed by atoms with van der Waals surface area (Å²) in [6.07, 6.45) is 1.70. The average Bonchev–Trinajstić information content (AvgIpc) is 3.48. The molecule has 0 saturated carbocycles. The zero-order valence-corrected chi connectivity index (χ0v) is 18.4. The molecule has 0 radical (unpaired) electrons. The van der Waals surface area contributed by atoms with Crippen molar-refractivity contribution in [2.24, 2.45) is 0 Å². The van der Waals surface area contributed by atoms with Crippen LogP contribution in [0.25, 0.3) is 11.0 Å². The van der Waals surface area contributed by atoms with Crippen LogP contribution in [0.1, 0.15) is 21.6 Å². The molecule has 4 aromatic rings. The second-order valence-corrected chi connectivity index (χ2v) is 7.98. The summed E-state index contributed by atoms with van der Waals surface area (Å²) in [6, 6.07) is 11.3. The van der Waals surface area contributed by atoms with Crippen molar-refractivity contribution in [1.29, 1.82) is 0 Å². The van der Waals surface area contributed by atoms with Crippen molar-refractivity contribution in [3.8, 4) is 5.75 Å². The van der Waals surface area contributed by atoms with Gasteiger partial charge in [-0.1, -0.05) is 6.07 Å². The maximum absolute atomic E-state index is 12.8. The van der Waals surface area contributed by atoms with Gasteiger partial charge in [0.05, 0.1) is 24.6 Å². The van der Waals surface area contributed by atoms with Gasteiger partial charge in [0.15, 0.2) is 23.5 Å². The Morgan fingerprint density at radius 3 is 2.61 bits per heavy atom. The lowest BCUT2D eigenvalue weighted by Crippen LogP contribution is -2.36. The van der Waals surface area contributed by atoms with Gasteiger partial charge in [-0.05, 0) is 65.6 Å². The molecule has 10 nitrogen and oxygen atoms in total. The number of rotatable bonds is 6. The minimum Gasteiger partial charge on any atom is -0.471 e. The maximum atomic E-state index is 12.8. The van der Waals surface area contributed by atoms with Crippen molar-refractivity contribution >= 4 is 28.3 Å². The molecule has 1 amide bonds. The number of carbonyl (C=O) groups excluding carboxylic acids is 1. The number of aromatic nitrogens is 4. The van der Waals surface area contributed by atoms with E-state index in [2.05, 4.69) is 31.7 Å². The van der Waals surface area contributed by atoms with Gasteiger partial charge in [0, 0.05) is 19.3 Å². The largest absolute Gasteiger partial charge is 0.471 e. The van der Waals surface area contributed by atoms with Crippen LogP contribution < -0.4 is 15.0 Å². The minimum absolute atomic E-state index is 0.196. The van der Waals surface area contributed by atoms with Gasteiger partial charge in [-0.3, -0.25) is 4.79 Å². The number of nitrogens with one attached hydrogen (secondary N) is 1. The highest BCUT2D eigenvalue weighted by atomic mass is 16.6. The van der Waals surface area contributed by atoms with Crippen LogP contribution in [0.2, 0.25) is 0 Å². The molecule has 2 aromatic carbocycles. The smallest absolute Gasteiger partial charge is 0.276 e. The summed E-state index contributed by atoms with van der Waals surface area (Å²) in [7, 11) is 0. The first-order valence-electron chi connectivity index (χ1n) is 10.7. The zero-order chi connectivity index (χ0) is 22.8. The summed E-state index contributed by atoms with van der Waals surface area (Å²) >= 11 is 0. The van der Waals surface area contributed by atoms with Crippen LogP contribution in [0.3, 0.4) is 0 Å². The van der Waals surface area contributed by atoms with Crippen molar-refractivity contribution in [3.63, 3.8) is 0 Å². The number of benzene rings is 2. The molecule has 0 unspecified atom stereocenters. The fourth-order valence-corrected chi connectivity index (χ4v) is 3.91. The van der Waals surface area contributed by atoms with E-state index in [1.165, 1.54) is 0 Å². The Morgan fingerprint density at radius 2 is 1.82 bits per heavy atom. The maximum Gasteiger partial charge on any atom is 0.276 e. The number of aryl methyl sites for hydroxylation is 2. The topological polar surface area (TPSA) is 108 Å². The lowest BCUT2D eigenvalue weighted by Gasteiger charge is -2.28. The normalized spacial score (nSPS) is 13.9. The van der Waals surface area contributed by atoms with Crippen LogP contribution in [-0.2, 0) is 11.5 Å². The third-order valence-electron chi connectivity index (χ3n) is 5.43. The van der Waals surface area contributed by atoms with Crippen molar-refractivity contribution < 1.29 is 18.9 Å². The van der Waals surface area contributed by atoms with E-state index in [9.17, 15) is 4.79 Å². The molecule has 0 atom stereocenters. The second-order valence-electron chi connectivity index (χ2n) is 7.98. The molecule has 10 heteroatoms. The van der Waals surface area contributed by atoms with Crippen LogP contribution in [-0.4, -0.2) is 52.3 Å². The monoisotopic (exact) mass is 448 g/mol. The number of nitrogens with zero attached hydrogens (tertiary/aromatic N) is 5. The molecule has 0 aliphatic carbocycles. The first kappa shape index (κ1) is 21.0. The van der Waals surface area contributed by atoms with Crippen molar-refractivity contribution in [3.05, 3.63) is 59.4 Å². The molecule has 1 aliphatic heterocycles. The Bertz CT molecular complexity index is 1270. The van der Waals surface area contributed by atoms with Gasteiger partial charge in [-0.25, -0.2) is 9.31 Å². The summed E-state index contributed by atoms with van der Waals surface area (Å²) in [4.78, 5) is 15.0. The minimum atomic E-state index is -0.358. The predicted molar refractivity (Wildman–Crippen MR) is 122 cm³/mol. The Kier molecular flexibility index (Phi) is 5.66.